The van der Waals surface area contributed by atoms with Crippen molar-refractivity contribution in [2.75, 3.05) is 62.7 Å². The lowest BCUT2D eigenvalue weighted by atomic mass is 9.96. The van der Waals surface area contributed by atoms with E-state index in [0.29, 0.717) is 51.5 Å². The Morgan fingerprint density at radius 3 is 2.41 bits per heavy atom. The van der Waals surface area contributed by atoms with Crippen molar-refractivity contribution in [1.29, 1.82) is 0 Å². The lowest BCUT2D eigenvalue weighted by Gasteiger charge is -2.33. The molecule has 3 aliphatic rings. The minimum atomic E-state index is -3.69. The Morgan fingerprint density at radius 2 is 1.76 bits per heavy atom. The molecule has 1 N–H and O–H groups in total. The zero-order chi connectivity index (χ0) is 24.3. The summed E-state index contributed by atoms with van der Waals surface area (Å²) in [6.07, 6.45) is 3.41. The first kappa shape index (κ1) is 24.9. The third-order valence-corrected chi connectivity index (χ3v) is 8.86. The molecule has 2 saturated heterocycles. The highest BCUT2D eigenvalue weighted by atomic mass is 32.2. The van der Waals surface area contributed by atoms with E-state index in [4.69, 9.17) is 4.74 Å². The molecule has 1 atom stereocenters. The molecule has 4 rings (SSSR count). The monoisotopic (exact) mass is 492 g/mol. The Kier molecular flexibility index (Phi) is 7.79. The van der Waals surface area contributed by atoms with Crippen LogP contribution in [0.3, 0.4) is 0 Å². The summed E-state index contributed by atoms with van der Waals surface area (Å²) in [5, 5.41) is 3.02. The van der Waals surface area contributed by atoms with E-state index in [9.17, 15) is 18.0 Å². The first-order valence-corrected chi connectivity index (χ1v) is 13.9. The Bertz CT molecular complexity index is 1000. The molecule has 2 aliphatic heterocycles. The molecule has 1 aromatic carbocycles. The molecule has 3 fully saturated rings. The van der Waals surface area contributed by atoms with Crippen LogP contribution < -0.4 is 10.2 Å². The number of hydrogen-bond donors (Lipinski definition) is 1. The number of carbonyl (C=O) groups is 2. The van der Waals surface area contributed by atoms with Gasteiger partial charge < -0.3 is 19.9 Å². The van der Waals surface area contributed by atoms with Gasteiger partial charge in [0.2, 0.25) is 21.8 Å². The second-order valence-electron chi connectivity index (χ2n) is 9.25. The molecule has 2 heterocycles. The maximum absolute atomic E-state index is 13.3. The highest BCUT2D eigenvalue weighted by Crippen LogP contribution is 2.34. The number of sulfonamides is 1. The fourth-order valence-electron chi connectivity index (χ4n) is 4.77. The number of anilines is 2. The molecule has 10 heteroatoms. The lowest BCUT2D eigenvalue weighted by molar-refractivity contribution is -0.135. The molecule has 1 aliphatic carbocycles. The van der Waals surface area contributed by atoms with Crippen molar-refractivity contribution in [2.45, 2.75) is 44.4 Å². The summed E-state index contributed by atoms with van der Waals surface area (Å²) in [6, 6.07) is 4.97. The Morgan fingerprint density at radius 1 is 1.06 bits per heavy atom. The second kappa shape index (κ2) is 10.6. The first-order valence-electron chi connectivity index (χ1n) is 12.4. The van der Waals surface area contributed by atoms with Gasteiger partial charge in [0.15, 0.2) is 0 Å². The second-order valence-corrected chi connectivity index (χ2v) is 11.2. The van der Waals surface area contributed by atoms with Crippen molar-refractivity contribution < 1.29 is 22.7 Å². The molecule has 9 nitrogen and oxygen atoms in total. The van der Waals surface area contributed by atoms with Crippen LogP contribution in [0.2, 0.25) is 0 Å². The Hall–Kier alpha value is -2.17. The fourth-order valence-corrected chi connectivity index (χ4v) is 6.20. The number of rotatable bonds is 8. The quantitative estimate of drug-likeness (QED) is 0.597. The fraction of sp³-hybridized carbons (Fsp3) is 0.667. The van der Waals surface area contributed by atoms with Gasteiger partial charge in [-0.15, -0.1) is 0 Å². The van der Waals surface area contributed by atoms with Crippen LogP contribution in [0.25, 0.3) is 0 Å². The summed E-state index contributed by atoms with van der Waals surface area (Å²) in [5.41, 5.74) is 1.29. The molecule has 2 amide bonds. The van der Waals surface area contributed by atoms with Gasteiger partial charge >= 0.3 is 0 Å². The average molecular weight is 493 g/mol. The number of piperidine rings is 1. The van der Waals surface area contributed by atoms with Crippen LogP contribution >= 0.6 is 0 Å². The number of carbonyl (C=O) groups excluding carboxylic acids is 2. The number of nitrogens with one attached hydrogen (secondary N) is 1. The van der Waals surface area contributed by atoms with Crippen molar-refractivity contribution in [3.63, 3.8) is 0 Å². The van der Waals surface area contributed by atoms with Gasteiger partial charge in [-0.1, -0.05) is 0 Å². The van der Waals surface area contributed by atoms with Gasteiger partial charge in [0.1, 0.15) is 0 Å². The number of amides is 2. The third-order valence-electron chi connectivity index (χ3n) is 6.97. The zero-order valence-corrected chi connectivity index (χ0v) is 21.0. The Labute approximate surface area is 202 Å². The highest BCUT2D eigenvalue weighted by molar-refractivity contribution is 7.89. The van der Waals surface area contributed by atoms with E-state index in [1.165, 1.54) is 4.31 Å². The molecule has 188 valence electrons. The van der Waals surface area contributed by atoms with Crippen LogP contribution in [0, 0.1) is 11.8 Å². The van der Waals surface area contributed by atoms with Crippen LogP contribution in [0.5, 0.6) is 0 Å². The molecule has 1 saturated carbocycles. The zero-order valence-electron chi connectivity index (χ0n) is 20.2. The summed E-state index contributed by atoms with van der Waals surface area (Å²) in [5.74, 6) is -0.166. The minimum Gasteiger partial charge on any atom is -0.379 e. The van der Waals surface area contributed by atoms with E-state index in [0.717, 1.165) is 38.0 Å². The summed E-state index contributed by atoms with van der Waals surface area (Å²) in [4.78, 5) is 29.9. The maximum atomic E-state index is 13.3. The van der Waals surface area contributed by atoms with Crippen LogP contribution in [-0.4, -0.2) is 81.9 Å². The van der Waals surface area contributed by atoms with Gasteiger partial charge in [-0.05, 0) is 57.7 Å². The molecular formula is C24H36N4O5S. The van der Waals surface area contributed by atoms with Crippen molar-refractivity contribution in [3.05, 3.63) is 18.2 Å². The Balaban J connectivity index is 1.57. The number of benzene rings is 1. The molecule has 0 bridgehead atoms. The van der Waals surface area contributed by atoms with Crippen LogP contribution in [0.15, 0.2) is 23.1 Å². The number of likely N-dealkylation sites (tertiary alicyclic amines) is 1. The predicted molar refractivity (Wildman–Crippen MR) is 130 cm³/mol. The molecule has 0 spiro atoms. The SMILES string of the molecule is CCN(CC)c1ccc(S(=O)(=O)N2CCOCC2)cc1NC(=O)C1CCCN(C(=O)C2CC2)C1. The normalized spacial score (nSPS) is 21.8. The summed E-state index contributed by atoms with van der Waals surface area (Å²) >= 11 is 0. The first-order chi connectivity index (χ1) is 16.3. The maximum Gasteiger partial charge on any atom is 0.243 e. The topological polar surface area (TPSA) is 99.3 Å². The van der Waals surface area contributed by atoms with Gasteiger partial charge in [-0.2, -0.15) is 4.31 Å². The van der Waals surface area contributed by atoms with Crippen LogP contribution in [-0.2, 0) is 24.3 Å². The summed E-state index contributed by atoms with van der Waals surface area (Å²) in [6.45, 7) is 8.00. The molecule has 0 radical (unpaired) electrons. The van der Waals surface area contributed by atoms with E-state index < -0.39 is 10.0 Å². The molecule has 1 unspecified atom stereocenters. The number of nitrogens with zero attached hydrogens (tertiary/aromatic N) is 3. The largest absolute Gasteiger partial charge is 0.379 e. The lowest BCUT2D eigenvalue weighted by Crippen LogP contribution is -2.44. The molecule has 1 aromatic rings. The van der Waals surface area contributed by atoms with E-state index in [-0.39, 0.29) is 28.5 Å². The standard InChI is InChI=1S/C24H36N4O5S/c1-3-26(4-2)22-10-9-20(34(31,32)28-12-14-33-15-13-28)16-21(22)25-23(29)19-6-5-11-27(17-19)24(30)18-7-8-18/h9-10,16,18-19H,3-8,11-15,17H2,1-2H3,(H,25,29). The smallest absolute Gasteiger partial charge is 0.243 e. The van der Waals surface area contributed by atoms with E-state index in [1.807, 2.05) is 18.7 Å². The average Bonchev–Trinajstić information content (AvgIpc) is 3.71. The van der Waals surface area contributed by atoms with Crippen molar-refractivity contribution >= 4 is 33.2 Å². The number of morpholine rings is 1. The van der Waals surface area contributed by atoms with Gasteiger partial charge in [0, 0.05) is 45.2 Å². The van der Waals surface area contributed by atoms with Gasteiger partial charge in [-0.3, -0.25) is 9.59 Å². The van der Waals surface area contributed by atoms with Crippen molar-refractivity contribution in [2.24, 2.45) is 11.8 Å². The number of ether oxygens (including phenoxy) is 1. The van der Waals surface area contributed by atoms with E-state index in [2.05, 4.69) is 10.2 Å². The van der Waals surface area contributed by atoms with Gasteiger partial charge in [0.05, 0.1) is 35.4 Å². The van der Waals surface area contributed by atoms with Crippen molar-refractivity contribution in [1.82, 2.24) is 9.21 Å². The molecular weight excluding hydrogens is 456 g/mol. The van der Waals surface area contributed by atoms with Crippen LogP contribution in [0.4, 0.5) is 11.4 Å². The highest BCUT2D eigenvalue weighted by Gasteiger charge is 2.37. The molecule has 34 heavy (non-hydrogen) atoms. The molecule has 0 aromatic heterocycles. The minimum absolute atomic E-state index is 0.137. The van der Waals surface area contributed by atoms with Gasteiger partial charge in [-0.25, -0.2) is 8.42 Å². The van der Waals surface area contributed by atoms with Crippen LogP contribution in [0.1, 0.15) is 39.5 Å². The summed E-state index contributed by atoms with van der Waals surface area (Å²) < 4.78 is 33.2. The van der Waals surface area contributed by atoms with Crippen molar-refractivity contribution in [3.8, 4) is 0 Å². The van der Waals surface area contributed by atoms with E-state index >= 15 is 0 Å². The number of hydrogen-bond acceptors (Lipinski definition) is 6. The van der Waals surface area contributed by atoms with E-state index in [1.54, 1.807) is 18.2 Å². The predicted octanol–water partition coefficient (Wildman–Crippen LogP) is 2.14. The third kappa shape index (κ3) is 5.39. The summed E-state index contributed by atoms with van der Waals surface area (Å²) in [7, 11) is -3.69. The van der Waals surface area contributed by atoms with Gasteiger partial charge in [0.25, 0.3) is 0 Å².